The number of thiocarbonyl (C=S) groups is 1. The summed E-state index contributed by atoms with van der Waals surface area (Å²) >= 11 is 17.0. The summed E-state index contributed by atoms with van der Waals surface area (Å²) in [6.07, 6.45) is 1.24. The van der Waals surface area contributed by atoms with Crippen molar-refractivity contribution in [2.24, 2.45) is 0 Å². The van der Waals surface area contributed by atoms with Gasteiger partial charge in [0.2, 0.25) is 0 Å². The number of phenolic OH excluding ortho intramolecular Hbond substituents is 1. The summed E-state index contributed by atoms with van der Waals surface area (Å²) in [6.45, 7) is 0. The molecule has 0 atom stereocenters. The van der Waals surface area contributed by atoms with Crippen LogP contribution in [-0.4, -0.2) is 22.0 Å². The van der Waals surface area contributed by atoms with Crippen LogP contribution in [0.15, 0.2) is 48.0 Å². The molecule has 0 aromatic heterocycles. The number of nitrogens with one attached hydrogen (secondary N) is 1. The van der Waals surface area contributed by atoms with Crippen LogP contribution < -0.4 is 10.2 Å². The van der Waals surface area contributed by atoms with Gasteiger partial charge in [-0.15, -0.1) is 0 Å². The minimum absolute atomic E-state index is 0.0437. The lowest BCUT2D eigenvalue weighted by atomic mass is 10.1. The first-order valence-electron chi connectivity index (χ1n) is 7.03. The molecular formula is C17H10Cl2N2O3S. The molecule has 2 aromatic rings. The Hall–Kier alpha value is -2.41. The normalized spacial score (nSPS) is 16.3. The van der Waals surface area contributed by atoms with Gasteiger partial charge in [-0.3, -0.25) is 19.8 Å². The predicted molar refractivity (Wildman–Crippen MR) is 101 cm³/mol. The van der Waals surface area contributed by atoms with Gasteiger partial charge in [0, 0.05) is 10.6 Å². The smallest absolute Gasteiger partial charge is 0.270 e. The molecule has 1 aliphatic heterocycles. The Morgan fingerprint density at radius 3 is 2.40 bits per heavy atom. The maximum absolute atomic E-state index is 12.8. The molecule has 25 heavy (non-hydrogen) atoms. The average molecular weight is 393 g/mol. The fourth-order valence-corrected chi connectivity index (χ4v) is 2.93. The molecule has 0 saturated carbocycles. The minimum Gasteiger partial charge on any atom is -0.507 e. The van der Waals surface area contributed by atoms with E-state index in [0.29, 0.717) is 10.7 Å². The molecule has 126 valence electrons. The average Bonchev–Trinajstić information content (AvgIpc) is 2.55. The van der Waals surface area contributed by atoms with Crippen molar-refractivity contribution >= 4 is 64.1 Å². The summed E-state index contributed by atoms with van der Waals surface area (Å²) in [4.78, 5) is 26.2. The van der Waals surface area contributed by atoms with Gasteiger partial charge in [0.1, 0.15) is 11.3 Å². The summed E-state index contributed by atoms with van der Waals surface area (Å²) in [7, 11) is 0. The maximum Gasteiger partial charge on any atom is 0.270 e. The monoisotopic (exact) mass is 392 g/mol. The van der Waals surface area contributed by atoms with Gasteiger partial charge in [0.25, 0.3) is 11.8 Å². The van der Waals surface area contributed by atoms with Crippen LogP contribution in [-0.2, 0) is 9.59 Å². The Labute approximate surface area is 158 Å². The standard InChI is InChI=1S/C17H10Cl2N2O3S/c18-9-4-6-10(7-5-9)21-16(24)12(15(23)20-17(21)25)8-11-13(19)2-1-3-14(11)22/h1-8,22H,(H,20,23,25)/b12-8+. The van der Waals surface area contributed by atoms with Crippen LogP contribution in [0.5, 0.6) is 5.75 Å². The molecule has 2 N–H and O–H groups in total. The number of phenols is 1. The van der Waals surface area contributed by atoms with Gasteiger partial charge in [-0.25, -0.2) is 0 Å². The van der Waals surface area contributed by atoms with E-state index >= 15 is 0 Å². The summed E-state index contributed by atoms with van der Waals surface area (Å²) in [5.74, 6) is -1.44. The van der Waals surface area contributed by atoms with E-state index in [-0.39, 0.29) is 27.0 Å². The maximum atomic E-state index is 12.8. The van der Waals surface area contributed by atoms with Gasteiger partial charge in [-0.05, 0) is 54.7 Å². The lowest BCUT2D eigenvalue weighted by molar-refractivity contribution is -0.122. The van der Waals surface area contributed by atoms with Gasteiger partial charge >= 0.3 is 0 Å². The first-order chi connectivity index (χ1) is 11.9. The molecule has 0 aliphatic carbocycles. The fourth-order valence-electron chi connectivity index (χ4n) is 2.29. The zero-order valence-electron chi connectivity index (χ0n) is 12.5. The number of amides is 2. The van der Waals surface area contributed by atoms with Crippen LogP contribution in [0.25, 0.3) is 6.08 Å². The van der Waals surface area contributed by atoms with E-state index in [9.17, 15) is 14.7 Å². The molecule has 2 amide bonds. The number of hydrogen-bond acceptors (Lipinski definition) is 4. The highest BCUT2D eigenvalue weighted by Gasteiger charge is 2.34. The van der Waals surface area contributed by atoms with Gasteiger partial charge in [0.05, 0.1) is 10.7 Å². The molecule has 0 radical (unpaired) electrons. The molecule has 1 fully saturated rings. The van der Waals surface area contributed by atoms with Gasteiger partial charge in [-0.2, -0.15) is 0 Å². The van der Waals surface area contributed by atoms with Crippen molar-refractivity contribution in [3.63, 3.8) is 0 Å². The molecule has 0 bridgehead atoms. The second-order valence-corrected chi connectivity index (χ2v) is 6.34. The minimum atomic E-state index is -0.667. The van der Waals surface area contributed by atoms with Crippen LogP contribution in [0.3, 0.4) is 0 Å². The third kappa shape index (κ3) is 3.37. The summed E-state index contributed by atoms with van der Waals surface area (Å²) in [6, 6.07) is 10.9. The number of nitrogens with zero attached hydrogens (tertiary/aromatic N) is 1. The predicted octanol–water partition coefficient (Wildman–Crippen LogP) is 3.53. The largest absolute Gasteiger partial charge is 0.507 e. The van der Waals surface area contributed by atoms with Crippen LogP contribution in [0.1, 0.15) is 5.56 Å². The Balaban J connectivity index is 2.07. The molecule has 2 aromatic carbocycles. The lowest BCUT2D eigenvalue weighted by Crippen LogP contribution is -2.54. The topological polar surface area (TPSA) is 69.6 Å². The molecule has 3 rings (SSSR count). The Bertz CT molecular complexity index is 906. The molecule has 1 aliphatic rings. The highest BCUT2D eigenvalue weighted by Crippen LogP contribution is 2.30. The number of benzene rings is 2. The van der Waals surface area contributed by atoms with Crippen molar-refractivity contribution in [3.05, 3.63) is 63.6 Å². The van der Waals surface area contributed by atoms with Gasteiger partial charge < -0.3 is 5.11 Å². The van der Waals surface area contributed by atoms with Crippen molar-refractivity contribution in [1.82, 2.24) is 5.32 Å². The van der Waals surface area contributed by atoms with Crippen molar-refractivity contribution in [3.8, 4) is 5.75 Å². The van der Waals surface area contributed by atoms with E-state index < -0.39 is 11.8 Å². The lowest BCUT2D eigenvalue weighted by Gasteiger charge is -2.29. The highest BCUT2D eigenvalue weighted by molar-refractivity contribution is 7.80. The zero-order valence-corrected chi connectivity index (χ0v) is 14.8. The van der Waals surface area contributed by atoms with E-state index in [4.69, 9.17) is 35.4 Å². The number of rotatable bonds is 2. The summed E-state index contributed by atoms with van der Waals surface area (Å²) < 4.78 is 0. The third-order valence-corrected chi connectivity index (χ3v) is 4.37. The molecule has 1 heterocycles. The summed E-state index contributed by atoms with van der Waals surface area (Å²) in [5.41, 5.74) is 0.423. The number of carbonyl (C=O) groups is 2. The second kappa shape index (κ2) is 6.84. The van der Waals surface area contributed by atoms with Crippen molar-refractivity contribution in [2.45, 2.75) is 0 Å². The Morgan fingerprint density at radius 1 is 1.08 bits per heavy atom. The number of halogens is 2. The van der Waals surface area contributed by atoms with Crippen molar-refractivity contribution in [2.75, 3.05) is 4.90 Å². The number of aromatic hydroxyl groups is 1. The second-order valence-electron chi connectivity index (χ2n) is 5.11. The first-order valence-corrected chi connectivity index (χ1v) is 8.19. The Morgan fingerprint density at radius 2 is 1.76 bits per heavy atom. The molecule has 5 nitrogen and oxygen atoms in total. The number of carbonyl (C=O) groups excluding carboxylic acids is 2. The quantitative estimate of drug-likeness (QED) is 0.465. The van der Waals surface area contributed by atoms with E-state index in [1.54, 1.807) is 36.4 Å². The van der Waals surface area contributed by atoms with E-state index in [0.717, 1.165) is 0 Å². The van der Waals surface area contributed by atoms with Gasteiger partial charge in [-0.1, -0.05) is 29.3 Å². The number of hydrogen-bond donors (Lipinski definition) is 2. The van der Waals surface area contributed by atoms with Crippen LogP contribution in [0.2, 0.25) is 10.0 Å². The van der Waals surface area contributed by atoms with Crippen LogP contribution in [0.4, 0.5) is 5.69 Å². The van der Waals surface area contributed by atoms with Crippen molar-refractivity contribution < 1.29 is 14.7 Å². The molecule has 0 unspecified atom stereocenters. The molecule has 0 spiro atoms. The Kier molecular flexibility index (Phi) is 4.76. The highest BCUT2D eigenvalue weighted by atomic mass is 35.5. The molecular weight excluding hydrogens is 383 g/mol. The number of anilines is 1. The molecule has 8 heteroatoms. The van der Waals surface area contributed by atoms with E-state index in [1.807, 2.05) is 0 Å². The van der Waals surface area contributed by atoms with Gasteiger partial charge in [0.15, 0.2) is 5.11 Å². The SMILES string of the molecule is O=C1NC(=S)N(c2ccc(Cl)cc2)C(=O)/C1=C/c1c(O)cccc1Cl. The summed E-state index contributed by atoms with van der Waals surface area (Å²) in [5, 5.41) is 13.1. The third-order valence-electron chi connectivity index (χ3n) is 3.51. The van der Waals surface area contributed by atoms with Crippen LogP contribution in [0, 0.1) is 0 Å². The van der Waals surface area contributed by atoms with E-state index in [1.165, 1.54) is 17.0 Å². The van der Waals surface area contributed by atoms with E-state index in [2.05, 4.69) is 5.32 Å². The fraction of sp³-hybridized carbons (Fsp3) is 0. The van der Waals surface area contributed by atoms with Crippen LogP contribution >= 0.6 is 35.4 Å². The first kappa shape index (κ1) is 17.4. The molecule has 1 saturated heterocycles. The van der Waals surface area contributed by atoms with Crippen molar-refractivity contribution in [1.29, 1.82) is 0 Å². The zero-order chi connectivity index (χ0) is 18.1.